The van der Waals surface area contributed by atoms with E-state index in [0.717, 1.165) is 24.0 Å². The molecule has 2 atom stereocenters. The Bertz CT molecular complexity index is 248. The second kappa shape index (κ2) is 6.36. The molecular weight excluding hydrogens is 222 g/mol. The second-order valence-electron chi connectivity index (χ2n) is 6.79. The first-order valence-electron chi connectivity index (χ1n) is 7.71. The Balaban J connectivity index is 1.89. The van der Waals surface area contributed by atoms with E-state index in [-0.39, 0.29) is 0 Å². The lowest BCUT2D eigenvalue weighted by atomic mass is 10.0. The highest BCUT2D eigenvalue weighted by molar-refractivity contribution is 4.91. The average Bonchev–Trinajstić information content (AvgIpc) is 3.00. The molecule has 0 spiro atoms. The van der Waals surface area contributed by atoms with Crippen LogP contribution in [-0.4, -0.2) is 61.7 Å². The minimum atomic E-state index is 0.720. The van der Waals surface area contributed by atoms with Gasteiger partial charge < -0.3 is 10.2 Å². The van der Waals surface area contributed by atoms with Crippen molar-refractivity contribution in [3.8, 4) is 0 Å². The molecular formula is C15H31N3. The van der Waals surface area contributed by atoms with Gasteiger partial charge in [0.2, 0.25) is 0 Å². The number of hydrogen-bond acceptors (Lipinski definition) is 3. The van der Waals surface area contributed by atoms with Gasteiger partial charge in [-0.15, -0.1) is 0 Å². The molecule has 106 valence electrons. The van der Waals surface area contributed by atoms with Crippen molar-refractivity contribution in [2.24, 2.45) is 5.92 Å². The van der Waals surface area contributed by atoms with Crippen LogP contribution in [0.5, 0.6) is 0 Å². The van der Waals surface area contributed by atoms with Crippen molar-refractivity contribution < 1.29 is 0 Å². The van der Waals surface area contributed by atoms with Gasteiger partial charge in [-0.2, -0.15) is 0 Å². The molecule has 1 saturated carbocycles. The van der Waals surface area contributed by atoms with E-state index in [2.05, 4.69) is 43.1 Å². The molecule has 2 unspecified atom stereocenters. The Morgan fingerprint density at radius 1 is 1.22 bits per heavy atom. The van der Waals surface area contributed by atoms with E-state index in [1.165, 1.54) is 45.3 Å². The summed E-state index contributed by atoms with van der Waals surface area (Å²) in [6.45, 7) is 8.46. The van der Waals surface area contributed by atoms with Gasteiger partial charge >= 0.3 is 0 Å². The number of likely N-dealkylation sites (tertiary alicyclic amines) is 1. The van der Waals surface area contributed by atoms with Crippen molar-refractivity contribution >= 4 is 0 Å². The second-order valence-corrected chi connectivity index (χ2v) is 6.79. The van der Waals surface area contributed by atoms with Crippen LogP contribution in [0.1, 0.15) is 39.5 Å². The van der Waals surface area contributed by atoms with Gasteiger partial charge in [0.05, 0.1) is 0 Å². The zero-order chi connectivity index (χ0) is 13.1. The van der Waals surface area contributed by atoms with Gasteiger partial charge in [0.15, 0.2) is 0 Å². The van der Waals surface area contributed by atoms with Gasteiger partial charge in [-0.05, 0) is 52.2 Å². The smallest absolute Gasteiger partial charge is 0.0247 e. The van der Waals surface area contributed by atoms with E-state index in [4.69, 9.17) is 0 Å². The van der Waals surface area contributed by atoms with Crippen molar-refractivity contribution in [3.05, 3.63) is 0 Å². The van der Waals surface area contributed by atoms with Crippen molar-refractivity contribution in [3.63, 3.8) is 0 Å². The molecule has 1 N–H and O–H groups in total. The lowest BCUT2D eigenvalue weighted by molar-refractivity contribution is 0.118. The van der Waals surface area contributed by atoms with Crippen molar-refractivity contribution in [1.82, 2.24) is 15.1 Å². The molecule has 1 heterocycles. The third-order valence-corrected chi connectivity index (χ3v) is 4.39. The van der Waals surface area contributed by atoms with Crippen molar-refractivity contribution in [2.75, 3.05) is 33.7 Å². The van der Waals surface area contributed by atoms with Crippen molar-refractivity contribution in [1.29, 1.82) is 0 Å². The third kappa shape index (κ3) is 3.94. The quantitative estimate of drug-likeness (QED) is 0.746. The van der Waals surface area contributed by atoms with Crippen LogP contribution < -0.4 is 5.32 Å². The molecule has 0 aromatic heterocycles. The maximum absolute atomic E-state index is 3.73. The highest BCUT2D eigenvalue weighted by Gasteiger charge is 2.33. The summed E-state index contributed by atoms with van der Waals surface area (Å²) in [6, 6.07) is 2.33. The molecule has 3 heteroatoms. The monoisotopic (exact) mass is 253 g/mol. The highest BCUT2D eigenvalue weighted by atomic mass is 15.3. The first-order chi connectivity index (χ1) is 8.58. The Morgan fingerprint density at radius 2 is 1.94 bits per heavy atom. The summed E-state index contributed by atoms with van der Waals surface area (Å²) >= 11 is 0. The van der Waals surface area contributed by atoms with E-state index in [1.54, 1.807) is 0 Å². The summed E-state index contributed by atoms with van der Waals surface area (Å²) < 4.78 is 0. The highest BCUT2D eigenvalue weighted by Crippen LogP contribution is 2.25. The predicted octanol–water partition coefficient (Wildman–Crippen LogP) is 1.79. The van der Waals surface area contributed by atoms with Crippen LogP contribution in [0, 0.1) is 5.92 Å². The van der Waals surface area contributed by atoms with Gasteiger partial charge in [0.25, 0.3) is 0 Å². The molecule has 2 rings (SSSR count). The predicted molar refractivity (Wildman–Crippen MR) is 77.9 cm³/mol. The minimum absolute atomic E-state index is 0.720. The summed E-state index contributed by atoms with van der Waals surface area (Å²) in [4.78, 5) is 5.12. The van der Waals surface area contributed by atoms with Crippen LogP contribution in [-0.2, 0) is 0 Å². The Morgan fingerprint density at radius 3 is 2.50 bits per heavy atom. The maximum atomic E-state index is 3.73. The first-order valence-corrected chi connectivity index (χ1v) is 7.71. The number of likely N-dealkylation sites (N-methyl/N-ethyl adjacent to an activating group) is 1. The van der Waals surface area contributed by atoms with E-state index < -0.39 is 0 Å². The summed E-state index contributed by atoms with van der Waals surface area (Å²) in [7, 11) is 4.40. The van der Waals surface area contributed by atoms with Crippen LogP contribution in [0.3, 0.4) is 0 Å². The van der Waals surface area contributed by atoms with Gasteiger partial charge in [-0.25, -0.2) is 0 Å². The van der Waals surface area contributed by atoms with Crippen LogP contribution in [0.25, 0.3) is 0 Å². The van der Waals surface area contributed by atoms with Crippen LogP contribution >= 0.6 is 0 Å². The van der Waals surface area contributed by atoms with Gasteiger partial charge in [-0.3, -0.25) is 4.90 Å². The zero-order valence-electron chi connectivity index (χ0n) is 12.7. The summed E-state index contributed by atoms with van der Waals surface area (Å²) in [5, 5.41) is 3.73. The Labute approximate surface area is 113 Å². The maximum Gasteiger partial charge on any atom is 0.0247 e. The summed E-state index contributed by atoms with van der Waals surface area (Å²) in [5.41, 5.74) is 0. The van der Waals surface area contributed by atoms with Crippen LogP contribution in [0.4, 0.5) is 0 Å². The standard InChI is InChI=1S/C15H31N3/c1-12(2)15(10-16-13-7-8-13)18-9-5-6-14(18)11-17(3)4/h12-16H,5-11H2,1-4H3. The molecule has 1 aliphatic carbocycles. The van der Waals surface area contributed by atoms with E-state index >= 15 is 0 Å². The fourth-order valence-electron chi connectivity index (χ4n) is 3.22. The molecule has 0 bridgehead atoms. The van der Waals surface area contributed by atoms with E-state index in [0.29, 0.717) is 0 Å². The topological polar surface area (TPSA) is 18.5 Å². The van der Waals surface area contributed by atoms with Crippen LogP contribution in [0.15, 0.2) is 0 Å². The minimum Gasteiger partial charge on any atom is -0.312 e. The number of rotatable bonds is 7. The molecule has 0 amide bonds. The first kappa shape index (κ1) is 14.3. The third-order valence-electron chi connectivity index (χ3n) is 4.39. The summed E-state index contributed by atoms with van der Waals surface area (Å²) in [6.07, 6.45) is 5.55. The fraction of sp³-hybridized carbons (Fsp3) is 1.00. The lowest BCUT2D eigenvalue weighted by Crippen LogP contribution is -2.50. The molecule has 18 heavy (non-hydrogen) atoms. The number of nitrogens with one attached hydrogen (secondary N) is 1. The van der Waals surface area contributed by atoms with E-state index in [9.17, 15) is 0 Å². The molecule has 1 saturated heterocycles. The Kier molecular flexibility index (Phi) is 5.05. The molecule has 2 fully saturated rings. The molecule has 0 aromatic carbocycles. The van der Waals surface area contributed by atoms with E-state index in [1.807, 2.05) is 0 Å². The van der Waals surface area contributed by atoms with Crippen molar-refractivity contribution in [2.45, 2.75) is 57.7 Å². The molecule has 2 aliphatic rings. The SMILES string of the molecule is CC(C)C(CNC1CC1)N1CCCC1CN(C)C. The number of nitrogens with zero attached hydrogens (tertiary/aromatic N) is 2. The largest absolute Gasteiger partial charge is 0.312 e. The molecule has 1 aliphatic heterocycles. The van der Waals surface area contributed by atoms with Gasteiger partial charge in [0.1, 0.15) is 0 Å². The zero-order valence-corrected chi connectivity index (χ0v) is 12.7. The van der Waals surface area contributed by atoms with Gasteiger partial charge in [0, 0.05) is 31.2 Å². The van der Waals surface area contributed by atoms with Crippen LogP contribution in [0.2, 0.25) is 0 Å². The number of hydrogen-bond donors (Lipinski definition) is 1. The lowest BCUT2D eigenvalue weighted by Gasteiger charge is -2.37. The molecule has 0 aromatic rings. The Hall–Kier alpha value is -0.120. The van der Waals surface area contributed by atoms with Gasteiger partial charge in [-0.1, -0.05) is 13.8 Å². The summed E-state index contributed by atoms with van der Waals surface area (Å²) in [5.74, 6) is 0.749. The average molecular weight is 253 g/mol. The molecule has 0 radical (unpaired) electrons. The normalized spacial score (nSPS) is 27.3. The fourth-order valence-corrected chi connectivity index (χ4v) is 3.22. The molecule has 3 nitrogen and oxygen atoms in total.